The number of anilines is 1. The van der Waals surface area contributed by atoms with E-state index in [1.807, 2.05) is 32.0 Å². The third-order valence-corrected chi connectivity index (χ3v) is 2.77. The van der Waals surface area contributed by atoms with Crippen LogP contribution in [0.1, 0.15) is 16.7 Å². The summed E-state index contributed by atoms with van der Waals surface area (Å²) in [5, 5.41) is 8.90. The molecule has 0 atom stereocenters. The van der Waals surface area contributed by atoms with Gasteiger partial charge in [-0.15, -0.1) is 0 Å². The number of rotatable bonds is 2. The number of hydrogen-bond donors (Lipinski definition) is 1. The Morgan fingerprint density at radius 2 is 1.89 bits per heavy atom. The molecule has 0 spiro atoms. The summed E-state index contributed by atoms with van der Waals surface area (Å²) in [4.78, 5) is 0. The van der Waals surface area contributed by atoms with Gasteiger partial charge in [0.15, 0.2) is 5.75 Å². The Kier molecular flexibility index (Phi) is 3.20. The lowest BCUT2D eigenvalue weighted by Crippen LogP contribution is -1.96. The quantitative estimate of drug-likeness (QED) is 0.814. The summed E-state index contributed by atoms with van der Waals surface area (Å²) in [6.45, 7) is 3.88. The molecule has 2 rings (SSSR count). The van der Waals surface area contributed by atoms with Crippen LogP contribution in [0.2, 0.25) is 0 Å². The second-order valence-electron chi connectivity index (χ2n) is 4.19. The van der Waals surface area contributed by atoms with Crippen LogP contribution in [0.25, 0.3) is 0 Å². The molecule has 3 heteroatoms. The van der Waals surface area contributed by atoms with E-state index in [0.29, 0.717) is 22.7 Å². The minimum atomic E-state index is 0.572. The van der Waals surface area contributed by atoms with Crippen molar-refractivity contribution in [3.63, 3.8) is 0 Å². The van der Waals surface area contributed by atoms with Gasteiger partial charge in [-0.25, -0.2) is 0 Å². The number of para-hydroxylation sites is 1. The van der Waals surface area contributed by atoms with E-state index in [1.165, 1.54) is 0 Å². The summed E-state index contributed by atoms with van der Waals surface area (Å²) >= 11 is 0. The van der Waals surface area contributed by atoms with Crippen molar-refractivity contribution >= 4 is 5.69 Å². The molecule has 0 unspecified atom stereocenters. The van der Waals surface area contributed by atoms with Gasteiger partial charge in [-0.2, -0.15) is 5.26 Å². The fraction of sp³-hybridized carbons (Fsp3) is 0.133. The van der Waals surface area contributed by atoms with Crippen LogP contribution in [-0.2, 0) is 0 Å². The van der Waals surface area contributed by atoms with Crippen LogP contribution in [0.15, 0.2) is 36.4 Å². The molecule has 0 saturated heterocycles. The predicted octanol–water partition coefficient (Wildman–Crippen LogP) is 3.55. The average molecular weight is 238 g/mol. The van der Waals surface area contributed by atoms with Crippen LogP contribution in [0, 0.1) is 25.2 Å². The molecule has 3 nitrogen and oxygen atoms in total. The third-order valence-electron chi connectivity index (χ3n) is 2.77. The number of nitrogens with two attached hydrogens (primary N) is 1. The number of benzene rings is 2. The van der Waals surface area contributed by atoms with E-state index < -0.39 is 0 Å². The van der Waals surface area contributed by atoms with Gasteiger partial charge < -0.3 is 10.5 Å². The van der Waals surface area contributed by atoms with Crippen LogP contribution >= 0.6 is 0 Å². The van der Waals surface area contributed by atoms with Gasteiger partial charge in [-0.3, -0.25) is 0 Å². The number of nitrogen functional groups attached to an aromatic ring is 1. The SMILES string of the molecule is Cc1ccc(C#N)cc1Oc1c(C)cccc1N. The van der Waals surface area contributed by atoms with Gasteiger partial charge in [0.05, 0.1) is 17.3 Å². The number of hydrogen-bond acceptors (Lipinski definition) is 3. The average Bonchev–Trinajstić information content (AvgIpc) is 2.36. The fourth-order valence-corrected chi connectivity index (χ4v) is 1.70. The molecule has 0 fully saturated rings. The number of ether oxygens (including phenoxy) is 1. The largest absolute Gasteiger partial charge is 0.455 e. The summed E-state index contributed by atoms with van der Waals surface area (Å²) in [6.07, 6.45) is 0. The standard InChI is InChI=1S/C15H14N2O/c1-10-6-7-12(9-16)8-14(10)18-15-11(2)4-3-5-13(15)17/h3-8H,17H2,1-2H3. The smallest absolute Gasteiger partial charge is 0.153 e. The molecule has 0 aliphatic rings. The molecule has 18 heavy (non-hydrogen) atoms. The lowest BCUT2D eigenvalue weighted by Gasteiger charge is -2.13. The zero-order valence-electron chi connectivity index (χ0n) is 10.4. The number of nitriles is 1. The molecule has 0 amide bonds. The van der Waals surface area contributed by atoms with Crippen molar-refractivity contribution in [1.82, 2.24) is 0 Å². The lowest BCUT2D eigenvalue weighted by molar-refractivity contribution is 0.477. The molecule has 0 heterocycles. The molecule has 2 aromatic rings. The summed E-state index contributed by atoms with van der Waals surface area (Å²) in [6, 6.07) is 13.1. The molecule has 0 aliphatic heterocycles. The summed E-state index contributed by atoms with van der Waals surface area (Å²) < 4.78 is 5.84. The maximum absolute atomic E-state index is 8.90. The first-order chi connectivity index (χ1) is 8.61. The number of aryl methyl sites for hydroxylation is 2. The molecular weight excluding hydrogens is 224 g/mol. The second kappa shape index (κ2) is 4.80. The maximum atomic E-state index is 8.90. The fourth-order valence-electron chi connectivity index (χ4n) is 1.70. The zero-order valence-corrected chi connectivity index (χ0v) is 10.4. The van der Waals surface area contributed by atoms with Crippen molar-refractivity contribution in [2.45, 2.75) is 13.8 Å². The minimum Gasteiger partial charge on any atom is -0.455 e. The highest BCUT2D eigenvalue weighted by atomic mass is 16.5. The summed E-state index contributed by atoms with van der Waals surface area (Å²) in [5.41, 5.74) is 9.00. The highest BCUT2D eigenvalue weighted by Gasteiger charge is 2.08. The highest BCUT2D eigenvalue weighted by Crippen LogP contribution is 2.32. The Balaban J connectivity index is 2.43. The monoisotopic (exact) mass is 238 g/mol. The van der Waals surface area contributed by atoms with E-state index in [9.17, 15) is 0 Å². The molecule has 0 aromatic heterocycles. The lowest BCUT2D eigenvalue weighted by atomic mass is 10.1. The molecule has 0 radical (unpaired) electrons. The van der Waals surface area contributed by atoms with Crippen molar-refractivity contribution < 1.29 is 4.74 Å². The van der Waals surface area contributed by atoms with Crippen molar-refractivity contribution in [3.8, 4) is 17.6 Å². The van der Waals surface area contributed by atoms with E-state index in [1.54, 1.807) is 18.2 Å². The Morgan fingerprint density at radius 1 is 1.11 bits per heavy atom. The molecule has 90 valence electrons. The Hall–Kier alpha value is -2.47. The van der Waals surface area contributed by atoms with Gasteiger partial charge in [0.2, 0.25) is 0 Å². The van der Waals surface area contributed by atoms with Crippen LogP contribution in [0.3, 0.4) is 0 Å². The molecule has 2 N–H and O–H groups in total. The highest BCUT2D eigenvalue weighted by molar-refractivity contribution is 5.58. The topological polar surface area (TPSA) is 59.0 Å². The van der Waals surface area contributed by atoms with Gasteiger partial charge in [-0.05, 0) is 43.2 Å². The molecule has 0 bridgehead atoms. The third kappa shape index (κ3) is 2.28. The molecule has 0 saturated carbocycles. The van der Waals surface area contributed by atoms with E-state index in [2.05, 4.69) is 6.07 Å². The van der Waals surface area contributed by atoms with Crippen LogP contribution in [0.5, 0.6) is 11.5 Å². The summed E-state index contributed by atoms with van der Waals surface area (Å²) in [7, 11) is 0. The second-order valence-corrected chi connectivity index (χ2v) is 4.19. The predicted molar refractivity (Wildman–Crippen MR) is 71.6 cm³/mol. The van der Waals surface area contributed by atoms with E-state index in [4.69, 9.17) is 15.7 Å². The summed E-state index contributed by atoms with van der Waals surface area (Å²) in [5.74, 6) is 1.31. The van der Waals surface area contributed by atoms with Crippen molar-refractivity contribution in [1.29, 1.82) is 5.26 Å². The van der Waals surface area contributed by atoms with Gasteiger partial charge in [0.1, 0.15) is 5.75 Å². The van der Waals surface area contributed by atoms with E-state index in [-0.39, 0.29) is 0 Å². The van der Waals surface area contributed by atoms with E-state index in [0.717, 1.165) is 11.1 Å². The number of nitrogens with zero attached hydrogens (tertiary/aromatic N) is 1. The normalized spacial score (nSPS) is 9.83. The zero-order chi connectivity index (χ0) is 13.1. The first-order valence-corrected chi connectivity index (χ1v) is 5.65. The maximum Gasteiger partial charge on any atom is 0.153 e. The molecular formula is C15H14N2O. The van der Waals surface area contributed by atoms with Gasteiger partial charge >= 0.3 is 0 Å². The van der Waals surface area contributed by atoms with Gasteiger partial charge in [0.25, 0.3) is 0 Å². The minimum absolute atomic E-state index is 0.572. The Labute approximate surface area is 106 Å². The first-order valence-electron chi connectivity index (χ1n) is 5.65. The van der Waals surface area contributed by atoms with Crippen LogP contribution in [0.4, 0.5) is 5.69 Å². The Morgan fingerprint density at radius 3 is 2.56 bits per heavy atom. The van der Waals surface area contributed by atoms with Crippen molar-refractivity contribution in [2.24, 2.45) is 0 Å². The molecule has 2 aromatic carbocycles. The van der Waals surface area contributed by atoms with E-state index >= 15 is 0 Å². The van der Waals surface area contributed by atoms with Crippen LogP contribution in [-0.4, -0.2) is 0 Å². The van der Waals surface area contributed by atoms with Gasteiger partial charge in [0, 0.05) is 0 Å². The van der Waals surface area contributed by atoms with Crippen molar-refractivity contribution in [3.05, 3.63) is 53.1 Å². The van der Waals surface area contributed by atoms with Gasteiger partial charge in [-0.1, -0.05) is 18.2 Å². The Bertz CT molecular complexity index is 607. The van der Waals surface area contributed by atoms with Crippen LogP contribution < -0.4 is 10.5 Å². The first kappa shape index (κ1) is 12.0. The van der Waals surface area contributed by atoms with Crippen molar-refractivity contribution in [2.75, 3.05) is 5.73 Å². The molecule has 0 aliphatic carbocycles.